The maximum Gasteiger partial charge on any atom is 0.201 e. The molecule has 0 unspecified atom stereocenters. The van der Waals surface area contributed by atoms with Crippen molar-refractivity contribution in [1.29, 1.82) is 0 Å². The lowest BCUT2D eigenvalue weighted by molar-refractivity contribution is -0.141. The molecule has 0 saturated heterocycles. The molecule has 0 radical (unpaired) electrons. The molecule has 3 aromatic carbocycles. The van der Waals surface area contributed by atoms with Crippen LogP contribution in [-0.2, 0) is 17.6 Å². The predicted molar refractivity (Wildman–Crippen MR) is 120 cm³/mol. The van der Waals surface area contributed by atoms with Gasteiger partial charge in [0, 0.05) is 30.4 Å². The molecule has 1 N–H and O–H groups in total. The van der Waals surface area contributed by atoms with E-state index < -0.39 is 17.1 Å². The zero-order valence-corrected chi connectivity index (χ0v) is 17.9. The Morgan fingerprint density at radius 1 is 0.969 bits per heavy atom. The summed E-state index contributed by atoms with van der Waals surface area (Å²) in [6.45, 7) is 0. The molecule has 4 rings (SSSR count). The Bertz CT molecular complexity index is 1130. The summed E-state index contributed by atoms with van der Waals surface area (Å²) in [5.74, 6) is -0.191. The quantitative estimate of drug-likeness (QED) is 0.558. The van der Waals surface area contributed by atoms with Crippen molar-refractivity contribution in [3.63, 3.8) is 0 Å². The molecule has 2 atom stereocenters. The van der Waals surface area contributed by atoms with Crippen LogP contribution >= 0.6 is 0 Å². The fraction of sp³-hybridized carbons (Fsp3) is 0.259. The van der Waals surface area contributed by atoms with Gasteiger partial charge < -0.3 is 9.84 Å². The molecule has 1 fully saturated rings. The van der Waals surface area contributed by atoms with Crippen LogP contribution in [0, 0.1) is 0 Å². The molecule has 0 spiro atoms. The number of halogens is 1. The molecule has 0 heterocycles. The third-order valence-corrected chi connectivity index (χ3v) is 6.33. The number of carbonyl (C=O) groups is 2. The van der Waals surface area contributed by atoms with E-state index in [9.17, 15) is 14.7 Å². The van der Waals surface area contributed by atoms with Gasteiger partial charge in [-0.25, -0.2) is 4.39 Å². The van der Waals surface area contributed by atoms with Crippen LogP contribution in [0.1, 0.15) is 39.9 Å². The molecule has 0 aliphatic heterocycles. The summed E-state index contributed by atoms with van der Waals surface area (Å²) in [5, 5.41) is 11.4. The van der Waals surface area contributed by atoms with E-state index in [1.54, 1.807) is 79.9 Å². The van der Waals surface area contributed by atoms with Gasteiger partial charge in [-0.1, -0.05) is 54.6 Å². The number of hydrogen-bond donors (Lipinski definition) is 1. The van der Waals surface area contributed by atoms with Gasteiger partial charge in [-0.3, -0.25) is 9.59 Å². The molecule has 164 valence electrons. The molecule has 5 heteroatoms. The predicted octanol–water partition coefficient (Wildman–Crippen LogP) is 4.51. The molecule has 0 aromatic heterocycles. The third kappa shape index (κ3) is 3.96. The monoisotopic (exact) mass is 432 g/mol. The van der Waals surface area contributed by atoms with E-state index in [0.29, 0.717) is 28.0 Å². The fourth-order valence-corrected chi connectivity index (χ4v) is 4.45. The minimum absolute atomic E-state index is 0.0141. The van der Waals surface area contributed by atoms with Crippen LogP contribution in [0.3, 0.4) is 0 Å². The van der Waals surface area contributed by atoms with Crippen LogP contribution in [0.25, 0.3) is 0 Å². The van der Waals surface area contributed by atoms with Gasteiger partial charge >= 0.3 is 0 Å². The van der Waals surface area contributed by atoms with E-state index in [-0.39, 0.29) is 31.5 Å². The van der Waals surface area contributed by atoms with Gasteiger partial charge in [0.1, 0.15) is 11.4 Å². The molecule has 0 bridgehead atoms. The Hall–Kier alpha value is -3.31. The second-order valence-corrected chi connectivity index (χ2v) is 8.31. The van der Waals surface area contributed by atoms with Gasteiger partial charge in [-0.15, -0.1) is 0 Å². The number of aliphatic hydroxyl groups is 1. The van der Waals surface area contributed by atoms with Crippen molar-refractivity contribution in [2.24, 2.45) is 0 Å². The number of rotatable bonds is 7. The average Bonchev–Trinajstić information content (AvgIpc) is 3.03. The van der Waals surface area contributed by atoms with Crippen molar-refractivity contribution in [1.82, 2.24) is 0 Å². The maximum atomic E-state index is 16.2. The molecular weight excluding hydrogens is 407 g/mol. The Labute approximate surface area is 186 Å². The van der Waals surface area contributed by atoms with Gasteiger partial charge in [0.05, 0.1) is 7.11 Å². The van der Waals surface area contributed by atoms with Crippen LogP contribution < -0.4 is 4.74 Å². The summed E-state index contributed by atoms with van der Waals surface area (Å²) in [5.41, 5.74) is -2.30. The van der Waals surface area contributed by atoms with E-state index in [4.69, 9.17) is 4.74 Å². The van der Waals surface area contributed by atoms with Crippen LogP contribution in [0.2, 0.25) is 0 Å². The standard InChI is InChI=1S/C27H25FO4/c1-32-22-13-11-20(12-14-22)25(30)23-10-6-5-9-21(23)18-26(31)16-15-24(29)27(26,28)17-19-7-3-2-4-8-19/h2-14,31H,15-18H2,1H3/t26-,27+/m1/s1. The molecule has 4 nitrogen and oxygen atoms in total. The molecule has 32 heavy (non-hydrogen) atoms. The highest BCUT2D eigenvalue weighted by Crippen LogP contribution is 2.44. The number of Topliss-reactive ketones (excluding diaryl/α,β-unsaturated/α-hetero) is 1. The van der Waals surface area contributed by atoms with Gasteiger partial charge in [0.15, 0.2) is 11.6 Å². The maximum absolute atomic E-state index is 16.2. The minimum atomic E-state index is -2.41. The number of carbonyl (C=O) groups excluding carboxylic acids is 2. The van der Waals surface area contributed by atoms with Crippen molar-refractivity contribution in [2.45, 2.75) is 37.0 Å². The van der Waals surface area contributed by atoms with Gasteiger partial charge in [-0.05, 0) is 41.8 Å². The van der Waals surface area contributed by atoms with Gasteiger partial charge in [-0.2, -0.15) is 0 Å². The van der Waals surface area contributed by atoms with E-state index in [0.717, 1.165) is 0 Å². The summed E-state index contributed by atoms with van der Waals surface area (Å²) in [6.07, 6.45) is -0.341. The van der Waals surface area contributed by atoms with Crippen molar-refractivity contribution < 1.29 is 23.8 Å². The summed E-state index contributed by atoms with van der Waals surface area (Å²) < 4.78 is 21.3. The highest BCUT2D eigenvalue weighted by atomic mass is 19.1. The first-order valence-electron chi connectivity index (χ1n) is 10.6. The summed E-state index contributed by atoms with van der Waals surface area (Å²) >= 11 is 0. The van der Waals surface area contributed by atoms with E-state index >= 15 is 4.39 Å². The van der Waals surface area contributed by atoms with Crippen molar-refractivity contribution in [3.8, 4) is 5.75 Å². The second kappa shape index (κ2) is 8.67. The van der Waals surface area contributed by atoms with Crippen LogP contribution in [0.4, 0.5) is 4.39 Å². The Morgan fingerprint density at radius 2 is 1.62 bits per heavy atom. The van der Waals surface area contributed by atoms with E-state index in [1.807, 2.05) is 6.07 Å². The second-order valence-electron chi connectivity index (χ2n) is 8.31. The highest BCUT2D eigenvalue weighted by Gasteiger charge is 2.60. The topological polar surface area (TPSA) is 63.6 Å². The lowest BCUT2D eigenvalue weighted by Crippen LogP contribution is -2.53. The first-order chi connectivity index (χ1) is 15.4. The lowest BCUT2D eigenvalue weighted by atomic mass is 9.77. The Balaban J connectivity index is 1.66. The number of methoxy groups -OCH3 is 1. The molecule has 1 aliphatic carbocycles. The van der Waals surface area contributed by atoms with Crippen molar-refractivity contribution in [2.75, 3.05) is 7.11 Å². The summed E-state index contributed by atoms with van der Waals surface area (Å²) in [6, 6.07) is 22.5. The zero-order chi connectivity index (χ0) is 22.8. The van der Waals surface area contributed by atoms with Crippen molar-refractivity contribution in [3.05, 3.63) is 101 Å². The summed E-state index contributed by atoms with van der Waals surface area (Å²) in [4.78, 5) is 25.8. The number of ether oxygens (including phenoxy) is 1. The molecule has 1 aliphatic rings. The van der Waals surface area contributed by atoms with Gasteiger partial charge in [0.25, 0.3) is 0 Å². The first kappa shape index (κ1) is 21.9. The van der Waals surface area contributed by atoms with Crippen molar-refractivity contribution >= 4 is 11.6 Å². The minimum Gasteiger partial charge on any atom is -0.497 e. The number of hydrogen-bond acceptors (Lipinski definition) is 4. The smallest absolute Gasteiger partial charge is 0.201 e. The molecule has 1 saturated carbocycles. The fourth-order valence-electron chi connectivity index (χ4n) is 4.45. The Morgan fingerprint density at radius 3 is 2.31 bits per heavy atom. The lowest BCUT2D eigenvalue weighted by Gasteiger charge is -2.35. The zero-order valence-electron chi connectivity index (χ0n) is 17.9. The van der Waals surface area contributed by atoms with Crippen LogP contribution in [0.5, 0.6) is 5.75 Å². The average molecular weight is 432 g/mol. The van der Waals surface area contributed by atoms with Crippen LogP contribution in [0.15, 0.2) is 78.9 Å². The first-order valence-corrected chi connectivity index (χ1v) is 10.6. The van der Waals surface area contributed by atoms with E-state index in [1.165, 1.54) is 0 Å². The Kier molecular flexibility index (Phi) is 5.94. The number of benzene rings is 3. The number of alkyl halides is 1. The summed E-state index contributed by atoms with van der Waals surface area (Å²) in [7, 11) is 1.55. The third-order valence-electron chi connectivity index (χ3n) is 6.33. The van der Waals surface area contributed by atoms with E-state index in [2.05, 4.69) is 0 Å². The number of ketones is 2. The molecule has 0 amide bonds. The largest absolute Gasteiger partial charge is 0.497 e. The molecular formula is C27H25FO4. The van der Waals surface area contributed by atoms with Gasteiger partial charge in [0.2, 0.25) is 5.67 Å². The SMILES string of the molecule is COc1ccc(C(=O)c2ccccc2C[C@]2(O)CCC(=O)[C@@]2(F)Cc2ccccc2)cc1. The normalized spacial score (nSPS) is 22.7. The molecule has 3 aromatic rings. The highest BCUT2D eigenvalue weighted by molar-refractivity contribution is 6.10. The van der Waals surface area contributed by atoms with Crippen LogP contribution in [-0.4, -0.2) is 35.1 Å².